The standard InChI is InChI=1S/C14H19NO/c1-3-8-15(13-6-7-13)14-5-4-12(10-16)11(2)9-14/h3-5,9,13,16H,1,6-8,10H2,2H3. The van der Waals surface area contributed by atoms with Gasteiger partial charge in [-0.3, -0.25) is 0 Å². The molecule has 0 aliphatic heterocycles. The van der Waals surface area contributed by atoms with Crippen molar-refractivity contribution in [2.45, 2.75) is 32.4 Å². The first kappa shape index (κ1) is 11.2. The molecule has 0 radical (unpaired) electrons. The number of aliphatic hydroxyl groups excluding tert-OH is 1. The van der Waals surface area contributed by atoms with Crippen LogP contribution < -0.4 is 4.90 Å². The maximum absolute atomic E-state index is 9.14. The lowest BCUT2D eigenvalue weighted by atomic mass is 10.1. The SMILES string of the molecule is C=CCN(c1ccc(CO)c(C)c1)C1CC1. The molecule has 2 rings (SSSR count). The molecule has 0 saturated heterocycles. The van der Waals surface area contributed by atoms with Crippen molar-refractivity contribution in [1.29, 1.82) is 0 Å². The van der Waals surface area contributed by atoms with Crippen LogP contribution in [0.25, 0.3) is 0 Å². The number of hydrogen-bond acceptors (Lipinski definition) is 2. The van der Waals surface area contributed by atoms with Gasteiger partial charge >= 0.3 is 0 Å². The zero-order chi connectivity index (χ0) is 11.5. The van der Waals surface area contributed by atoms with Crippen LogP contribution >= 0.6 is 0 Å². The highest BCUT2D eigenvalue weighted by Gasteiger charge is 2.28. The van der Waals surface area contributed by atoms with Crippen LogP contribution in [0.1, 0.15) is 24.0 Å². The third-order valence-corrected chi connectivity index (χ3v) is 3.14. The molecule has 0 unspecified atom stereocenters. The lowest BCUT2D eigenvalue weighted by Gasteiger charge is -2.24. The van der Waals surface area contributed by atoms with Gasteiger partial charge in [-0.05, 0) is 43.0 Å². The summed E-state index contributed by atoms with van der Waals surface area (Å²) >= 11 is 0. The molecular formula is C14H19NO. The molecule has 1 fully saturated rings. The molecule has 1 aliphatic carbocycles. The minimum Gasteiger partial charge on any atom is -0.392 e. The van der Waals surface area contributed by atoms with E-state index in [0.29, 0.717) is 6.04 Å². The Balaban J connectivity index is 2.23. The Morgan fingerprint density at radius 1 is 1.50 bits per heavy atom. The van der Waals surface area contributed by atoms with E-state index in [1.165, 1.54) is 18.5 Å². The fourth-order valence-corrected chi connectivity index (χ4v) is 2.03. The Hall–Kier alpha value is -1.28. The molecule has 16 heavy (non-hydrogen) atoms. The van der Waals surface area contributed by atoms with Gasteiger partial charge in [0.05, 0.1) is 6.61 Å². The molecule has 1 aromatic carbocycles. The third kappa shape index (κ3) is 2.27. The number of rotatable bonds is 5. The van der Waals surface area contributed by atoms with E-state index in [4.69, 9.17) is 5.11 Å². The summed E-state index contributed by atoms with van der Waals surface area (Å²) in [6.07, 6.45) is 4.52. The molecular weight excluding hydrogens is 198 g/mol. The minimum absolute atomic E-state index is 0.122. The molecule has 1 aliphatic rings. The average molecular weight is 217 g/mol. The fraction of sp³-hybridized carbons (Fsp3) is 0.429. The maximum atomic E-state index is 9.14. The first-order chi connectivity index (χ1) is 7.76. The smallest absolute Gasteiger partial charge is 0.0684 e. The van der Waals surface area contributed by atoms with Gasteiger partial charge in [-0.1, -0.05) is 12.1 Å². The normalized spacial score (nSPS) is 14.9. The summed E-state index contributed by atoms with van der Waals surface area (Å²) in [5.74, 6) is 0. The topological polar surface area (TPSA) is 23.5 Å². The van der Waals surface area contributed by atoms with Crippen LogP contribution in [0, 0.1) is 6.92 Å². The van der Waals surface area contributed by atoms with Gasteiger partial charge in [0.15, 0.2) is 0 Å². The molecule has 1 N–H and O–H groups in total. The van der Waals surface area contributed by atoms with Gasteiger partial charge < -0.3 is 10.0 Å². The highest BCUT2D eigenvalue weighted by atomic mass is 16.3. The Labute approximate surface area is 97.2 Å². The van der Waals surface area contributed by atoms with Crippen molar-refractivity contribution in [2.75, 3.05) is 11.4 Å². The zero-order valence-electron chi connectivity index (χ0n) is 9.82. The summed E-state index contributed by atoms with van der Waals surface area (Å²) in [6, 6.07) is 6.97. The lowest BCUT2D eigenvalue weighted by molar-refractivity contribution is 0.281. The second-order valence-corrected chi connectivity index (χ2v) is 4.44. The number of nitrogens with zero attached hydrogens (tertiary/aromatic N) is 1. The molecule has 1 aromatic rings. The second kappa shape index (κ2) is 4.71. The van der Waals surface area contributed by atoms with Crippen molar-refractivity contribution in [3.63, 3.8) is 0 Å². The number of benzene rings is 1. The van der Waals surface area contributed by atoms with E-state index in [9.17, 15) is 0 Å². The number of aliphatic hydroxyl groups is 1. The first-order valence-corrected chi connectivity index (χ1v) is 5.84. The molecule has 86 valence electrons. The van der Waals surface area contributed by atoms with Crippen LogP contribution in [0.4, 0.5) is 5.69 Å². The molecule has 0 heterocycles. The van der Waals surface area contributed by atoms with Gasteiger partial charge in [0.1, 0.15) is 0 Å². The summed E-state index contributed by atoms with van der Waals surface area (Å²) in [5, 5.41) is 9.14. The zero-order valence-corrected chi connectivity index (χ0v) is 9.82. The van der Waals surface area contributed by atoms with E-state index in [0.717, 1.165) is 17.7 Å². The van der Waals surface area contributed by atoms with Gasteiger partial charge in [-0.25, -0.2) is 0 Å². The van der Waals surface area contributed by atoms with Gasteiger partial charge in [0, 0.05) is 18.3 Å². The van der Waals surface area contributed by atoms with Crippen molar-refractivity contribution in [3.8, 4) is 0 Å². The minimum atomic E-state index is 0.122. The van der Waals surface area contributed by atoms with Gasteiger partial charge in [0.25, 0.3) is 0 Å². The molecule has 1 saturated carbocycles. The van der Waals surface area contributed by atoms with Crippen molar-refractivity contribution in [1.82, 2.24) is 0 Å². The quantitative estimate of drug-likeness (QED) is 0.766. The molecule has 2 nitrogen and oxygen atoms in total. The predicted molar refractivity (Wildman–Crippen MR) is 67.7 cm³/mol. The van der Waals surface area contributed by atoms with E-state index >= 15 is 0 Å². The van der Waals surface area contributed by atoms with Crippen LogP contribution in [-0.2, 0) is 6.61 Å². The molecule has 0 atom stereocenters. The van der Waals surface area contributed by atoms with Gasteiger partial charge in [-0.15, -0.1) is 6.58 Å². The largest absolute Gasteiger partial charge is 0.392 e. The molecule has 2 heteroatoms. The monoisotopic (exact) mass is 217 g/mol. The van der Waals surface area contributed by atoms with E-state index in [2.05, 4.69) is 23.6 Å². The van der Waals surface area contributed by atoms with Gasteiger partial charge in [0.2, 0.25) is 0 Å². The predicted octanol–water partition coefficient (Wildman–Crippen LogP) is 2.64. The maximum Gasteiger partial charge on any atom is 0.0684 e. The summed E-state index contributed by atoms with van der Waals surface area (Å²) in [6.45, 7) is 6.89. The number of hydrogen-bond donors (Lipinski definition) is 1. The van der Waals surface area contributed by atoms with Crippen molar-refractivity contribution in [2.24, 2.45) is 0 Å². The van der Waals surface area contributed by atoms with Gasteiger partial charge in [-0.2, -0.15) is 0 Å². The highest BCUT2D eigenvalue weighted by Crippen LogP contribution is 2.32. The van der Waals surface area contributed by atoms with Crippen LogP contribution in [0.15, 0.2) is 30.9 Å². The lowest BCUT2D eigenvalue weighted by Crippen LogP contribution is -2.25. The summed E-state index contributed by atoms with van der Waals surface area (Å²) in [7, 11) is 0. The first-order valence-electron chi connectivity index (χ1n) is 5.84. The number of aryl methyl sites for hydroxylation is 1. The second-order valence-electron chi connectivity index (χ2n) is 4.44. The Morgan fingerprint density at radius 3 is 2.75 bits per heavy atom. The molecule has 0 spiro atoms. The van der Waals surface area contributed by atoms with Crippen molar-refractivity contribution >= 4 is 5.69 Å². The van der Waals surface area contributed by atoms with E-state index in [-0.39, 0.29) is 6.61 Å². The molecule has 0 bridgehead atoms. The Kier molecular flexibility index (Phi) is 3.30. The average Bonchev–Trinajstić information content (AvgIpc) is 3.09. The summed E-state index contributed by atoms with van der Waals surface area (Å²) < 4.78 is 0. The Bertz CT molecular complexity index is 382. The summed E-state index contributed by atoms with van der Waals surface area (Å²) in [4.78, 5) is 2.39. The fourth-order valence-electron chi connectivity index (χ4n) is 2.03. The van der Waals surface area contributed by atoms with Crippen LogP contribution in [0.3, 0.4) is 0 Å². The molecule has 0 amide bonds. The Morgan fingerprint density at radius 2 is 2.25 bits per heavy atom. The van der Waals surface area contributed by atoms with Crippen molar-refractivity contribution < 1.29 is 5.11 Å². The van der Waals surface area contributed by atoms with Crippen LogP contribution in [0.5, 0.6) is 0 Å². The molecule has 0 aromatic heterocycles. The van der Waals surface area contributed by atoms with E-state index in [1.54, 1.807) is 0 Å². The third-order valence-electron chi connectivity index (χ3n) is 3.14. The van der Waals surface area contributed by atoms with Crippen molar-refractivity contribution in [3.05, 3.63) is 42.0 Å². The number of anilines is 1. The van der Waals surface area contributed by atoms with Crippen LogP contribution in [0.2, 0.25) is 0 Å². The summed E-state index contributed by atoms with van der Waals surface area (Å²) in [5.41, 5.74) is 3.42. The van der Waals surface area contributed by atoms with E-state index in [1.807, 2.05) is 19.1 Å². The van der Waals surface area contributed by atoms with E-state index < -0.39 is 0 Å². The highest BCUT2D eigenvalue weighted by molar-refractivity contribution is 5.53. The van der Waals surface area contributed by atoms with Crippen LogP contribution in [-0.4, -0.2) is 17.7 Å².